The summed E-state index contributed by atoms with van der Waals surface area (Å²) in [6.07, 6.45) is 1.64. The third kappa shape index (κ3) is 4.20. The molecule has 0 saturated carbocycles. The Bertz CT molecular complexity index is 1350. The van der Waals surface area contributed by atoms with E-state index >= 15 is 0 Å². The summed E-state index contributed by atoms with van der Waals surface area (Å²) in [5, 5.41) is 4.60. The van der Waals surface area contributed by atoms with Gasteiger partial charge in [-0.2, -0.15) is 0 Å². The van der Waals surface area contributed by atoms with Gasteiger partial charge in [-0.1, -0.05) is 6.07 Å². The lowest BCUT2D eigenvalue weighted by Crippen LogP contribution is -2.32. The molecule has 0 radical (unpaired) electrons. The Balaban J connectivity index is 1.44. The molecule has 0 fully saturated rings. The summed E-state index contributed by atoms with van der Waals surface area (Å²) in [6.45, 7) is 7.48. The average molecular weight is 465 g/mol. The Morgan fingerprint density at radius 2 is 1.91 bits per heavy atom. The number of hydrogen-bond donors (Lipinski definition) is 1. The summed E-state index contributed by atoms with van der Waals surface area (Å²) < 4.78 is 17.8. The maximum absolute atomic E-state index is 6.00. The van der Waals surface area contributed by atoms with E-state index in [9.17, 15) is 0 Å². The Morgan fingerprint density at radius 3 is 2.70 bits per heavy atom. The largest absolute Gasteiger partial charge is 0.493 e. The highest BCUT2D eigenvalue weighted by molar-refractivity contribution is 7.25. The molecule has 1 aromatic carbocycles. The number of aryl methyl sites for hydroxylation is 1. The van der Waals surface area contributed by atoms with E-state index in [1.165, 1.54) is 0 Å². The lowest BCUT2D eigenvalue weighted by atomic mass is 9.95. The van der Waals surface area contributed by atoms with Crippen LogP contribution < -0.4 is 14.8 Å². The first-order valence-electron chi connectivity index (χ1n) is 11.1. The average Bonchev–Trinajstić information content (AvgIpc) is 3.14. The van der Waals surface area contributed by atoms with Crippen LogP contribution in [0.5, 0.6) is 11.5 Å². The lowest BCUT2D eigenvalue weighted by molar-refractivity contribution is -0.0411. The Morgan fingerprint density at radius 1 is 1.09 bits per heavy atom. The Hall–Kier alpha value is -2.97. The second kappa shape index (κ2) is 8.43. The number of rotatable bonds is 6. The van der Waals surface area contributed by atoms with Gasteiger partial charge in [-0.25, -0.2) is 15.0 Å². The highest BCUT2D eigenvalue weighted by Crippen LogP contribution is 2.38. The monoisotopic (exact) mass is 464 g/mol. The van der Waals surface area contributed by atoms with E-state index in [1.807, 2.05) is 19.1 Å². The van der Waals surface area contributed by atoms with Crippen molar-refractivity contribution in [3.05, 3.63) is 46.9 Å². The molecule has 0 saturated heterocycles. The second-order valence-corrected chi connectivity index (χ2v) is 9.94. The minimum atomic E-state index is -0.183. The molecule has 1 aliphatic heterocycles. The third-order valence-corrected chi connectivity index (χ3v) is 7.05. The summed E-state index contributed by atoms with van der Waals surface area (Å²) in [7, 11) is 3.30. The number of benzene rings is 1. The molecule has 5 rings (SSSR count). The normalized spacial score (nSPS) is 14.9. The molecule has 0 spiro atoms. The number of aromatic nitrogens is 3. The molecule has 0 aliphatic carbocycles. The molecule has 0 bridgehead atoms. The quantitative estimate of drug-likeness (QED) is 0.427. The van der Waals surface area contributed by atoms with Crippen molar-refractivity contribution >= 4 is 37.6 Å². The fourth-order valence-corrected chi connectivity index (χ4v) is 5.33. The van der Waals surface area contributed by atoms with Crippen molar-refractivity contribution in [1.29, 1.82) is 0 Å². The zero-order chi connectivity index (χ0) is 23.2. The van der Waals surface area contributed by atoms with Crippen molar-refractivity contribution in [2.45, 2.75) is 45.8 Å². The Kier molecular flexibility index (Phi) is 5.58. The third-order valence-electron chi connectivity index (χ3n) is 5.95. The van der Waals surface area contributed by atoms with Crippen LogP contribution in [-0.2, 0) is 24.2 Å². The van der Waals surface area contributed by atoms with Gasteiger partial charge in [0.05, 0.1) is 42.3 Å². The zero-order valence-electron chi connectivity index (χ0n) is 19.6. The van der Waals surface area contributed by atoms with Gasteiger partial charge in [0.25, 0.3) is 0 Å². The highest BCUT2D eigenvalue weighted by Gasteiger charge is 2.28. The molecule has 172 valence electrons. The number of methoxy groups -OCH3 is 2. The minimum Gasteiger partial charge on any atom is -0.493 e. The van der Waals surface area contributed by atoms with Crippen LogP contribution in [-0.4, -0.2) is 41.3 Å². The molecule has 3 aromatic heterocycles. The smallest absolute Gasteiger partial charge is 0.160 e. The molecular weight excluding hydrogens is 436 g/mol. The van der Waals surface area contributed by atoms with Crippen molar-refractivity contribution in [2.75, 3.05) is 26.1 Å². The first-order chi connectivity index (χ1) is 15.9. The van der Waals surface area contributed by atoms with Crippen molar-refractivity contribution in [3.63, 3.8) is 0 Å². The predicted octanol–water partition coefficient (Wildman–Crippen LogP) is 5.07. The number of thiophene rings is 1. The van der Waals surface area contributed by atoms with E-state index in [-0.39, 0.29) is 5.60 Å². The molecule has 4 aromatic rings. The first-order valence-corrected chi connectivity index (χ1v) is 11.9. The minimum absolute atomic E-state index is 0.183. The molecule has 8 heteroatoms. The number of ether oxygens (including phenoxy) is 3. The van der Waals surface area contributed by atoms with Crippen LogP contribution in [0.4, 0.5) is 5.82 Å². The van der Waals surface area contributed by atoms with Crippen molar-refractivity contribution in [2.24, 2.45) is 0 Å². The van der Waals surface area contributed by atoms with Gasteiger partial charge in [0.1, 0.15) is 16.5 Å². The summed E-state index contributed by atoms with van der Waals surface area (Å²) in [4.78, 5) is 15.5. The van der Waals surface area contributed by atoms with Crippen LogP contribution in [0.2, 0.25) is 0 Å². The summed E-state index contributed by atoms with van der Waals surface area (Å²) >= 11 is 1.65. The molecule has 33 heavy (non-hydrogen) atoms. The summed E-state index contributed by atoms with van der Waals surface area (Å²) in [6, 6.07) is 8.21. The van der Waals surface area contributed by atoms with Gasteiger partial charge in [-0.05, 0) is 51.0 Å². The zero-order valence-corrected chi connectivity index (χ0v) is 20.4. The first kappa shape index (κ1) is 21.9. The number of fused-ring (bicyclic) bond motifs is 4. The van der Waals surface area contributed by atoms with Gasteiger partial charge in [0.2, 0.25) is 0 Å². The number of hydrogen-bond acceptors (Lipinski definition) is 8. The summed E-state index contributed by atoms with van der Waals surface area (Å²) in [5.74, 6) is 3.07. The molecule has 7 nitrogen and oxygen atoms in total. The van der Waals surface area contributed by atoms with Crippen molar-refractivity contribution in [3.8, 4) is 11.5 Å². The lowest BCUT2D eigenvalue weighted by Gasteiger charge is -2.30. The SMILES string of the molecule is COc1ccc(CCNc2nc(C)nc3c2sc2nc4c(cc23)COC(C)(C)C4)cc1OC. The van der Waals surface area contributed by atoms with Gasteiger partial charge in [0, 0.05) is 23.9 Å². The van der Waals surface area contributed by atoms with E-state index < -0.39 is 0 Å². The van der Waals surface area contributed by atoms with Gasteiger partial charge in [0.15, 0.2) is 11.5 Å². The molecular formula is C25H28N4O3S. The molecule has 0 atom stereocenters. The topological polar surface area (TPSA) is 78.4 Å². The van der Waals surface area contributed by atoms with Crippen molar-refractivity contribution < 1.29 is 14.2 Å². The Labute approximate surface area is 197 Å². The fourth-order valence-electron chi connectivity index (χ4n) is 4.25. The van der Waals surface area contributed by atoms with Gasteiger partial charge in [-0.15, -0.1) is 11.3 Å². The number of pyridine rings is 1. The van der Waals surface area contributed by atoms with E-state index in [0.29, 0.717) is 6.61 Å². The van der Waals surface area contributed by atoms with Crippen LogP contribution in [0.3, 0.4) is 0 Å². The van der Waals surface area contributed by atoms with E-state index in [2.05, 4.69) is 31.3 Å². The van der Waals surface area contributed by atoms with Crippen LogP contribution in [0.15, 0.2) is 24.3 Å². The van der Waals surface area contributed by atoms with Gasteiger partial charge >= 0.3 is 0 Å². The van der Waals surface area contributed by atoms with Gasteiger partial charge < -0.3 is 19.5 Å². The predicted molar refractivity (Wildman–Crippen MR) is 132 cm³/mol. The number of nitrogens with zero attached hydrogens (tertiary/aromatic N) is 3. The molecule has 0 amide bonds. The van der Waals surface area contributed by atoms with Crippen LogP contribution in [0, 0.1) is 6.92 Å². The van der Waals surface area contributed by atoms with Crippen LogP contribution in [0.1, 0.15) is 36.5 Å². The van der Waals surface area contributed by atoms with Crippen LogP contribution in [0.25, 0.3) is 20.4 Å². The maximum Gasteiger partial charge on any atom is 0.160 e. The number of nitrogens with one attached hydrogen (secondary N) is 1. The highest BCUT2D eigenvalue weighted by atomic mass is 32.1. The second-order valence-electron chi connectivity index (χ2n) is 8.94. The standard InChI is InChI=1S/C25H28N4O3S/c1-14-27-21-17-11-16-13-32-25(2,3)12-18(16)29-24(17)33-22(21)23(28-14)26-9-8-15-6-7-19(30-4)20(10-15)31-5/h6-7,10-11H,8-9,12-13H2,1-5H3,(H,26,27,28). The molecule has 1 aliphatic rings. The van der Waals surface area contributed by atoms with E-state index in [1.54, 1.807) is 25.6 Å². The number of anilines is 1. The van der Waals surface area contributed by atoms with Gasteiger partial charge in [-0.3, -0.25) is 0 Å². The molecule has 1 N–H and O–H groups in total. The molecule has 0 unspecified atom stereocenters. The fraction of sp³-hybridized carbons (Fsp3) is 0.400. The maximum atomic E-state index is 6.00. The van der Waals surface area contributed by atoms with E-state index in [0.717, 1.165) is 79.8 Å². The van der Waals surface area contributed by atoms with Crippen molar-refractivity contribution in [1.82, 2.24) is 15.0 Å². The molecule has 4 heterocycles. The van der Waals surface area contributed by atoms with Crippen LogP contribution >= 0.6 is 11.3 Å². The summed E-state index contributed by atoms with van der Waals surface area (Å²) in [5.41, 5.74) is 4.21. The van der Waals surface area contributed by atoms with E-state index in [4.69, 9.17) is 29.2 Å².